The Hall–Kier alpha value is -2.26. The molecule has 0 aromatic heterocycles. The summed E-state index contributed by atoms with van der Waals surface area (Å²) in [6.45, 7) is 5.58. The predicted molar refractivity (Wildman–Crippen MR) is 100 cm³/mol. The van der Waals surface area contributed by atoms with Crippen LogP contribution in [-0.2, 0) is 10.3 Å². The van der Waals surface area contributed by atoms with Crippen molar-refractivity contribution in [3.63, 3.8) is 0 Å². The quantitative estimate of drug-likeness (QED) is 0.856. The molecule has 0 aliphatic carbocycles. The van der Waals surface area contributed by atoms with Crippen molar-refractivity contribution in [1.82, 2.24) is 4.90 Å². The molecule has 1 N–H and O–H groups in total. The van der Waals surface area contributed by atoms with E-state index in [1.54, 1.807) is 25.3 Å². The van der Waals surface area contributed by atoms with E-state index in [1.165, 1.54) is 0 Å². The van der Waals surface area contributed by atoms with E-state index in [1.807, 2.05) is 25.7 Å². The van der Waals surface area contributed by atoms with Crippen LogP contribution in [0.5, 0.6) is 5.75 Å². The molecule has 2 atom stereocenters. The zero-order valence-corrected chi connectivity index (χ0v) is 16.5. The third-order valence-corrected chi connectivity index (χ3v) is 5.44. The summed E-state index contributed by atoms with van der Waals surface area (Å²) in [5.74, 6) is 0.570. The van der Waals surface area contributed by atoms with Crippen LogP contribution in [0.4, 0.5) is 4.79 Å². The lowest BCUT2D eigenvalue weighted by atomic mass is 9.72. The molecule has 2 heterocycles. The Balaban J connectivity index is 1.92. The first kappa shape index (κ1) is 19.5. The molecule has 2 aliphatic rings. The monoisotopic (exact) mass is 372 g/mol. The fraction of sp³-hybridized carbons (Fsp3) is 0.619. The van der Waals surface area contributed by atoms with Crippen molar-refractivity contribution in [1.29, 1.82) is 5.26 Å². The number of ether oxygens (including phenoxy) is 2. The van der Waals surface area contributed by atoms with Crippen LogP contribution in [0.1, 0.15) is 64.0 Å². The molecule has 3 rings (SSSR count). The van der Waals surface area contributed by atoms with E-state index in [9.17, 15) is 15.2 Å². The Morgan fingerprint density at radius 1 is 1.30 bits per heavy atom. The summed E-state index contributed by atoms with van der Waals surface area (Å²) in [5, 5.41) is 20.8. The minimum Gasteiger partial charge on any atom is -0.496 e. The van der Waals surface area contributed by atoms with Gasteiger partial charge < -0.3 is 19.5 Å². The molecule has 0 radical (unpaired) electrons. The van der Waals surface area contributed by atoms with Gasteiger partial charge in [0.15, 0.2) is 0 Å². The number of amides is 1. The van der Waals surface area contributed by atoms with Crippen molar-refractivity contribution in [2.24, 2.45) is 0 Å². The smallest absolute Gasteiger partial charge is 0.410 e. The Kier molecular flexibility index (Phi) is 5.09. The normalized spacial score (nSPS) is 27.6. The molecule has 2 bridgehead atoms. The minimum atomic E-state index is -1.13. The van der Waals surface area contributed by atoms with Crippen LogP contribution in [0.25, 0.3) is 0 Å². The predicted octanol–water partition coefficient (Wildman–Crippen LogP) is 3.71. The lowest BCUT2D eigenvalue weighted by Crippen LogP contribution is -2.59. The SMILES string of the molecule is COc1ccc(C#N)cc1C1(O)CC2CCCC(C1)N2C(=O)OC(C)(C)C. The second-order valence-electron chi connectivity index (χ2n) is 8.59. The van der Waals surface area contributed by atoms with Gasteiger partial charge in [-0.05, 0) is 58.2 Å². The molecule has 2 saturated heterocycles. The molecule has 2 aliphatic heterocycles. The molecule has 1 aromatic rings. The third-order valence-electron chi connectivity index (χ3n) is 5.44. The number of nitriles is 1. The highest BCUT2D eigenvalue weighted by Crippen LogP contribution is 2.47. The van der Waals surface area contributed by atoms with E-state index >= 15 is 0 Å². The molecule has 2 unspecified atom stereocenters. The maximum atomic E-state index is 12.8. The summed E-state index contributed by atoms with van der Waals surface area (Å²) in [6, 6.07) is 7.06. The maximum absolute atomic E-state index is 12.8. The van der Waals surface area contributed by atoms with Crippen LogP contribution in [-0.4, -0.2) is 40.9 Å². The van der Waals surface area contributed by atoms with Gasteiger partial charge in [-0.2, -0.15) is 5.26 Å². The zero-order valence-electron chi connectivity index (χ0n) is 16.5. The highest BCUT2D eigenvalue weighted by molar-refractivity contribution is 5.69. The van der Waals surface area contributed by atoms with Gasteiger partial charge in [-0.15, -0.1) is 0 Å². The van der Waals surface area contributed by atoms with Gasteiger partial charge in [0.1, 0.15) is 11.4 Å². The van der Waals surface area contributed by atoms with E-state index < -0.39 is 11.2 Å². The Morgan fingerprint density at radius 3 is 2.44 bits per heavy atom. The van der Waals surface area contributed by atoms with Crippen LogP contribution >= 0.6 is 0 Å². The Morgan fingerprint density at radius 2 is 1.93 bits per heavy atom. The standard InChI is InChI=1S/C21H28N2O4/c1-20(2,3)27-19(24)23-15-6-5-7-16(23)12-21(25,11-15)17-10-14(13-22)8-9-18(17)26-4/h8-10,15-16,25H,5-7,11-12H2,1-4H3. The molecule has 146 valence electrons. The van der Waals surface area contributed by atoms with E-state index in [2.05, 4.69) is 6.07 Å². The largest absolute Gasteiger partial charge is 0.496 e. The van der Waals surface area contributed by atoms with Crippen LogP contribution < -0.4 is 4.74 Å². The highest BCUT2D eigenvalue weighted by Gasteiger charge is 2.50. The van der Waals surface area contributed by atoms with Crippen molar-refractivity contribution in [3.8, 4) is 11.8 Å². The van der Waals surface area contributed by atoms with Gasteiger partial charge >= 0.3 is 6.09 Å². The number of methoxy groups -OCH3 is 1. The van der Waals surface area contributed by atoms with Crippen molar-refractivity contribution < 1.29 is 19.4 Å². The first-order valence-electron chi connectivity index (χ1n) is 9.49. The minimum absolute atomic E-state index is 0.0900. The number of piperidine rings is 2. The number of hydrogen-bond acceptors (Lipinski definition) is 5. The number of nitrogens with zero attached hydrogens (tertiary/aromatic N) is 2. The summed E-state index contributed by atoms with van der Waals surface area (Å²) < 4.78 is 11.1. The molecular weight excluding hydrogens is 344 g/mol. The van der Waals surface area contributed by atoms with E-state index in [0.717, 1.165) is 19.3 Å². The fourth-order valence-corrected chi connectivity index (χ4v) is 4.40. The summed E-state index contributed by atoms with van der Waals surface area (Å²) in [7, 11) is 1.56. The first-order chi connectivity index (χ1) is 12.7. The molecular formula is C21H28N2O4. The number of hydrogen-bond donors (Lipinski definition) is 1. The average molecular weight is 372 g/mol. The lowest BCUT2D eigenvalue weighted by molar-refractivity contribution is -0.0972. The van der Waals surface area contributed by atoms with Gasteiger partial charge in [0.05, 0.1) is 24.3 Å². The average Bonchev–Trinajstić information content (AvgIpc) is 2.58. The molecule has 6 nitrogen and oxygen atoms in total. The molecule has 27 heavy (non-hydrogen) atoms. The summed E-state index contributed by atoms with van der Waals surface area (Å²) in [5.41, 5.74) is -0.570. The number of rotatable bonds is 2. The van der Waals surface area contributed by atoms with Crippen LogP contribution in [0.3, 0.4) is 0 Å². The second kappa shape index (κ2) is 7.05. The Bertz CT molecular complexity index is 748. The van der Waals surface area contributed by atoms with Crippen molar-refractivity contribution in [2.45, 2.75) is 76.2 Å². The number of benzene rings is 1. The molecule has 2 fully saturated rings. The van der Waals surface area contributed by atoms with Gasteiger partial charge in [-0.3, -0.25) is 0 Å². The van der Waals surface area contributed by atoms with Crippen LogP contribution in [0, 0.1) is 11.3 Å². The first-order valence-corrected chi connectivity index (χ1v) is 9.49. The fourth-order valence-electron chi connectivity index (χ4n) is 4.40. The van der Waals surface area contributed by atoms with Crippen molar-refractivity contribution in [3.05, 3.63) is 29.3 Å². The lowest BCUT2D eigenvalue weighted by Gasteiger charge is -2.52. The number of carbonyl (C=O) groups excluding carboxylic acids is 1. The Labute approximate surface area is 160 Å². The molecule has 1 aromatic carbocycles. The molecule has 0 spiro atoms. The summed E-state index contributed by atoms with van der Waals surface area (Å²) >= 11 is 0. The van der Waals surface area contributed by atoms with E-state index in [0.29, 0.717) is 29.7 Å². The van der Waals surface area contributed by atoms with Crippen LogP contribution in [0.2, 0.25) is 0 Å². The van der Waals surface area contributed by atoms with Gasteiger partial charge in [0.25, 0.3) is 0 Å². The van der Waals surface area contributed by atoms with Crippen LogP contribution in [0.15, 0.2) is 18.2 Å². The number of carbonyl (C=O) groups is 1. The van der Waals surface area contributed by atoms with Gasteiger partial charge in [-0.25, -0.2) is 4.79 Å². The highest BCUT2D eigenvalue weighted by atomic mass is 16.6. The summed E-state index contributed by atoms with van der Waals surface area (Å²) in [4.78, 5) is 14.6. The molecule has 1 amide bonds. The van der Waals surface area contributed by atoms with Crippen molar-refractivity contribution >= 4 is 6.09 Å². The van der Waals surface area contributed by atoms with Gasteiger partial charge in [0.2, 0.25) is 0 Å². The third kappa shape index (κ3) is 3.89. The molecule has 6 heteroatoms. The maximum Gasteiger partial charge on any atom is 0.410 e. The van der Waals surface area contributed by atoms with Crippen molar-refractivity contribution in [2.75, 3.05) is 7.11 Å². The topological polar surface area (TPSA) is 82.8 Å². The second-order valence-corrected chi connectivity index (χ2v) is 8.59. The number of aliphatic hydroxyl groups is 1. The molecule has 0 saturated carbocycles. The summed E-state index contributed by atoms with van der Waals surface area (Å²) in [6.07, 6.45) is 3.20. The van der Waals surface area contributed by atoms with Gasteiger partial charge in [0, 0.05) is 30.5 Å². The van der Waals surface area contributed by atoms with E-state index in [4.69, 9.17) is 9.47 Å². The van der Waals surface area contributed by atoms with Gasteiger partial charge in [-0.1, -0.05) is 0 Å². The number of fused-ring (bicyclic) bond motifs is 2. The van der Waals surface area contributed by atoms with E-state index in [-0.39, 0.29) is 18.2 Å². The zero-order chi connectivity index (χ0) is 19.8.